The van der Waals surface area contributed by atoms with Crippen LogP contribution < -0.4 is 0 Å². The van der Waals surface area contributed by atoms with Crippen LogP contribution in [0.4, 0.5) is 13.2 Å². The van der Waals surface area contributed by atoms with Crippen LogP contribution in [0.15, 0.2) is 48.7 Å². The minimum absolute atomic E-state index is 0.0243. The Morgan fingerprint density at radius 1 is 0.943 bits per heavy atom. The average Bonchev–Trinajstić information content (AvgIpc) is 3.15. The molecule has 0 saturated carbocycles. The molecule has 0 unspecified atom stereocenters. The number of carbonyl (C=O) groups is 1. The van der Waals surface area contributed by atoms with E-state index in [2.05, 4.69) is 15.0 Å². The predicted molar refractivity (Wildman–Crippen MR) is 125 cm³/mol. The second-order valence-electron chi connectivity index (χ2n) is 8.01. The second kappa shape index (κ2) is 8.50. The number of pyridine rings is 2. The second-order valence-corrected chi connectivity index (χ2v) is 8.01. The molecule has 35 heavy (non-hydrogen) atoms. The number of ether oxygens (including phenoxy) is 1. The van der Waals surface area contributed by atoms with Gasteiger partial charge in [-0.25, -0.2) is 23.5 Å². The summed E-state index contributed by atoms with van der Waals surface area (Å²) >= 11 is 0. The number of esters is 1. The van der Waals surface area contributed by atoms with E-state index in [-0.39, 0.29) is 23.1 Å². The topological polar surface area (TPSA) is 69.9 Å². The van der Waals surface area contributed by atoms with Gasteiger partial charge in [-0.05, 0) is 68.3 Å². The summed E-state index contributed by atoms with van der Waals surface area (Å²) in [5.74, 6) is -2.16. The van der Waals surface area contributed by atoms with Crippen LogP contribution in [0.3, 0.4) is 0 Å². The molecule has 3 aromatic heterocycles. The van der Waals surface area contributed by atoms with E-state index >= 15 is 0 Å². The maximum atomic E-state index is 14.9. The number of imidazole rings is 1. The summed E-state index contributed by atoms with van der Waals surface area (Å²) < 4.78 is 50.4. The molecule has 9 heteroatoms. The van der Waals surface area contributed by atoms with Crippen LogP contribution in [0.2, 0.25) is 0 Å². The van der Waals surface area contributed by atoms with E-state index in [1.807, 2.05) is 0 Å². The molecule has 0 saturated heterocycles. The predicted octanol–water partition coefficient (Wildman–Crippen LogP) is 5.85. The maximum Gasteiger partial charge on any atom is 0.340 e. The standard InChI is InChI=1S/C26H19F3N4O2/c1-4-35-26(34)17-10-16(15-9-13(2)31-22(29)12-15)11-21-24(17)32-14(3)33(21)20-7-8-30-25-19(28)6-5-18(27)23(20)25/h5-12H,4H2,1-3H3. The fourth-order valence-electron chi connectivity index (χ4n) is 4.29. The molecule has 176 valence electrons. The fraction of sp³-hybridized carbons (Fsp3) is 0.154. The highest BCUT2D eigenvalue weighted by Gasteiger charge is 2.22. The normalized spacial score (nSPS) is 11.4. The molecule has 0 aliphatic carbocycles. The zero-order valence-corrected chi connectivity index (χ0v) is 19.1. The minimum Gasteiger partial charge on any atom is -0.462 e. The molecule has 0 bridgehead atoms. The van der Waals surface area contributed by atoms with Crippen molar-refractivity contribution in [1.29, 1.82) is 0 Å². The van der Waals surface area contributed by atoms with E-state index < -0.39 is 23.6 Å². The molecule has 0 aliphatic rings. The van der Waals surface area contributed by atoms with Crippen LogP contribution in [0.25, 0.3) is 38.8 Å². The zero-order valence-electron chi connectivity index (χ0n) is 19.1. The number of nitrogens with zero attached hydrogens (tertiary/aromatic N) is 4. The number of halogens is 3. The van der Waals surface area contributed by atoms with Gasteiger partial charge in [0.15, 0.2) is 0 Å². The Morgan fingerprint density at radius 3 is 2.43 bits per heavy atom. The number of aromatic nitrogens is 4. The van der Waals surface area contributed by atoms with Crippen molar-refractivity contribution in [2.24, 2.45) is 0 Å². The Hall–Kier alpha value is -4.27. The van der Waals surface area contributed by atoms with Gasteiger partial charge in [0.05, 0.1) is 28.8 Å². The van der Waals surface area contributed by atoms with Crippen molar-refractivity contribution in [3.05, 3.63) is 83.3 Å². The van der Waals surface area contributed by atoms with E-state index in [0.29, 0.717) is 39.4 Å². The van der Waals surface area contributed by atoms with Crippen LogP contribution in [0, 0.1) is 31.4 Å². The van der Waals surface area contributed by atoms with E-state index in [1.54, 1.807) is 49.6 Å². The van der Waals surface area contributed by atoms with Gasteiger partial charge in [0.2, 0.25) is 5.95 Å². The van der Waals surface area contributed by atoms with Gasteiger partial charge in [0.25, 0.3) is 0 Å². The quantitative estimate of drug-likeness (QED) is 0.241. The molecule has 0 fully saturated rings. The van der Waals surface area contributed by atoms with Crippen molar-refractivity contribution in [2.45, 2.75) is 20.8 Å². The number of fused-ring (bicyclic) bond motifs is 2. The van der Waals surface area contributed by atoms with E-state index in [1.165, 1.54) is 12.3 Å². The van der Waals surface area contributed by atoms with Crippen molar-refractivity contribution >= 4 is 27.9 Å². The third kappa shape index (κ3) is 3.78. The molecular weight excluding hydrogens is 457 g/mol. The first-order valence-electron chi connectivity index (χ1n) is 10.9. The van der Waals surface area contributed by atoms with Crippen molar-refractivity contribution in [1.82, 2.24) is 19.5 Å². The average molecular weight is 476 g/mol. The minimum atomic E-state index is -0.667. The largest absolute Gasteiger partial charge is 0.462 e. The third-order valence-electron chi connectivity index (χ3n) is 5.69. The number of carbonyl (C=O) groups excluding carboxylic acids is 1. The summed E-state index contributed by atoms with van der Waals surface area (Å²) in [5, 5.41) is -0.0243. The lowest BCUT2D eigenvalue weighted by Crippen LogP contribution is -2.06. The van der Waals surface area contributed by atoms with Crippen molar-refractivity contribution in [3.63, 3.8) is 0 Å². The summed E-state index contributed by atoms with van der Waals surface area (Å²) in [6.45, 7) is 5.18. The van der Waals surface area contributed by atoms with Crippen LogP contribution >= 0.6 is 0 Å². The molecule has 2 aromatic carbocycles. The molecule has 6 nitrogen and oxygen atoms in total. The molecule has 0 atom stereocenters. The Labute approximate surface area is 198 Å². The molecule has 5 aromatic rings. The molecule has 0 aliphatic heterocycles. The lowest BCUT2D eigenvalue weighted by atomic mass is 10.0. The van der Waals surface area contributed by atoms with Gasteiger partial charge < -0.3 is 4.74 Å². The van der Waals surface area contributed by atoms with Crippen molar-refractivity contribution in [3.8, 4) is 16.8 Å². The van der Waals surface area contributed by atoms with Crippen LogP contribution in [0.1, 0.15) is 28.8 Å². The summed E-state index contributed by atoms with van der Waals surface area (Å²) in [5.41, 5.74) is 2.56. The number of hydrogen-bond acceptors (Lipinski definition) is 5. The number of benzene rings is 2. The van der Waals surface area contributed by atoms with Gasteiger partial charge in [-0.1, -0.05) is 0 Å². The summed E-state index contributed by atoms with van der Waals surface area (Å²) in [4.78, 5) is 25.2. The summed E-state index contributed by atoms with van der Waals surface area (Å²) in [6.07, 6.45) is 1.38. The van der Waals surface area contributed by atoms with Gasteiger partial charge in [-0.3, -0.25) is 9.55 Å². The first-order chi connectivity index (χ1) is 16.8. The Kier molecular flexibility index (Phi) is 5.47. The third-order valence-corrected chi connectivity index (χ3v) is 5.69. The van der Waals surface area contributed by atoms with Crippen LogP contribution in [-0.4, -0.2) is 32.1 Å². The maximum absolute atomic E-state index is 14.9. The zero-order chi connectivity index (χ0) is 24.9. The summed E-state index contributed by atoms with van der Waals surface area (Å²) in [6, 6.07) is 9.84. The molecule has 3 heterocycles. The molecule has 0 N–H and O–H groups in total. The van der Waals surface area contributed by atoms with Gasteiger partial charge >= 0.3 is 5.97 Å². The number of rotatable bonds is 4. The molecule has 5 rings (SSSR count). The number of hydrogen-bond donors (Lipinski definition) is 0. The van der Waals surface area contributed by atoms with Crippen molar-refractivity contribution in [2.75, 3.05) is 6.61 Å². The molecule has 0 amide bonds. The van der Waals surface area contributed by atoms with E-state index in [4.69, 9.17) is 4.74 Å². The highest BCUT2D eigenvalue weighted by Crippen LogP contribution is 2.34. The summed E-state index contributed by atoms with van der Waals surface area (Å²) in [7, 11) is 0. The van der Waals surface area contributed by atoms with Crippen LogP contribution in [0.5, 0.6) is 0 Å². The van der Waals surface area contributed by atoms with Gasteiger partial charge in [-0.2, -0.15) is 4.39 Å². The fourth-order valence-corrected chi connectivity index (χ4v) is 4.29. The lowest BCUT2D eigenvalue weighted by Gasteiger charge is -2.13. The van der Waals surface area contributed by atoms with Gasteiger partial charge in [0, 0.05) is 18.0 Å². The van der Waals surface area contributed by atoms with Gasteiger partial charge in [0.1, 0.15) is 28.5 Å². The smallest absolute Gasteiger partial charge is 0.340 e. The Morgan fingerprint density at radius 2 is 1.69 bits per heavy atom. The first-order valence-corrected chi connectivity index (χ1v) is 10.9. The highest BCUT2D eigenvalue weighted by atomic mass is 19.1. The van der Waals surface area contributed by atoms with Crippen molar-refractivity contribution < 1.29 is 22.7 Å². The molecular formula is C26H19F3N4O2. The molecule has 0 spiro atoms. The first kappa shape index (κ1) is 22.5. The molecule has 0 radical (unpaired) electrons. The Balaban J connectivity index is 1.89. The van der Waals surface area contributed by atoms with Crippen LogP contribution in [-0.2, 0) is 4.74 Å². The SMILES string of the molecule is CCOC(=O)c1cc(-c2cc(C)nc(F)c2)cc2c1nc(C)n2-c1ccnc2c(F)ccc(F)c12. The Bertz CT molecular complexity index is 1630. The van der Waals surface area contributed by atoms with E-state index in [0.717, 1.165) is 12.1 Å². The van der Waals surface area contributed by atoms with E-state index in [9.17, 15) is 18.0 Å². The van der Waals surface area contributed by atoms with Gasteiger partial charge in [-0.15, -0.1) is 0 Å². The monoisotopic (exact) mass is 476 g/mol. The number of aryl methyl sites for hydroxylation is 2. The lowest BCUT2D eigenvalue weighted by molar-refractivity contribution is 0.0528. The highest BCUT2D eigenvalue weighted by molar-refractivity contribution is 6.05.